The third kappa shape index (κ3) is 3.16. The van der Waals surface area contributed by atoms with Crippen LogP contribution >= 0.6 is 0 Å². The van der Waals surface area contributed by atoms with Crippen LogP contribution < -0.4 is 0 Å². The number of piperazine rings is 1. The number of nitrogens with zero attached hydrogens (tertiary/aromatic N) is 2. The largest absolute Gasteiger partial charge is 0.478 e. The highest BCUT2D eigenvalue weighted by molar-refractivity contribution is 5.89. The monoisotopic (exact) mass is 280 g/mol. The van der Waals surface area contributed by atoms with Crippen LogP contribution in [-0.4, -0.2) is 53.1 Å². The topological polar surface area (TPSA) is 43.8 Å². The maximum absolute atomic E-state index is 13.4. The Kier molecular flexibility index (Phi) is 4.11. The van der Waals surface area contributed by atoms with Crippen molar-refractivity contribution in [3.8, 4) is 0 Å². The highest BCUT2D eigenvalue weighted by Gasteiger charge is 2.31. The number of carboxylic acids is 1. The number of hydrogen-bond donors (Lipinski definition) is 1. The molecule has 0 spiro atoms. The Morgan fingerprint density at radius 2 is 2.10 bits per heavy atom. The zero-order valence-electron chi connectivity index (χ0n) is 12.2. The first-order valence-corrected chi connectivity index (χ1v) is 6.75. The zero-order valence-corrected chi connectivity index (χ0v) is 12.2. The summed E-state index contributed by atoms with van der Waals surface area (Å²) in [5, 5.41) is 9.18. The summed E-state index contributed by atoms with van der Waals surface area (Å²) in [5.41, 5.74) is 0.760. The molecule has 0 amide bonds. The van der Waals surface area contributed by atoms with Gasteiger partial charge in [0, 0.05) is 31.7 Å². The van der Waals surface area contributed by atoms with Crippen LogP contribution in [0.4, 0.5) is 4.39 Å². The average molecular weight is 280 g/mol. The molecule has 1 heterocycles. The number of aromatic carboxylic acids is 1. The lowest BCUT2D eigenvalue weighted by atomic mass is 9.98. The fourth-order valence-corrected chi connectivity index (χ4v) is 2.62. The van der Waals surface area contributed by atoms with Gasteiger partial charge < -0.3 is 5.11 Å². The van der Waals surface area contributed by atoms with Crippen LogP contribution in [0.25, 0.3) is 0 Å². The molecule has 1 aromatic carbocycles. The molecule has 1 aliphatic rings. The lowest BCUT2D eigenvalue weighted by molar-refractivity contribution is 0.0356. The van der Waals surface area contributed by atoms with Crippen molar-refractivity contribution < 1.29 is 14.3 Å². The molecule has 1 N–H and O–H groups in total. The number of benzene rings is 1. The zero-order chi connectivity index (χ0) is 14.9. The second-order valence-electron chi connectivity index (χ2n) is 6.05. The van der Waals surface area contributed by atoms with Crippen molar-refractivity contribution in [3.63, 3.8) is 0 Å². The van der Waals surface area contributed by atoms with Gasteiger partial charge in [-0.3, -0.25) is 9.80 Å². The molecule has 4 nitrogen and oxygen atoms in total. The van der Waals surface area contributed by atoms with Gasteiger partial charge in [-0.25, -0.2) is 9.18 Å². The molecular formula is C15H21FN2O2. The summed E-state index contributed by atoms with van der Waals surface area (Å²) in [6.45, 7) is 7.39. The van der Waals surface area contributed by atoms with Crippen molar-refractivity contribution in [3.05, 3.63) is 35.1 Å². The number of hydrogen-bond acceptors (Lipinski definition) is 3. The van der Waals surface area contributed by atoms with E-state index in [0.29, 0.717) is 12.1 Å². The summed E-state index contributed by atoms with van der Waals surface area (Å²) in [5.74, 6) is -1.40. The molecule has 2 rings (SSSR count). The Bertz CT molecular complexity index is 517. The predicted octanol–water partition coefficient (Wildman–Crippen LogP) is 2.05. The molecule has 1 fully saturated rings. The molecule has 0 atom stereocenters. The number of halogens is 1. The van der Waals surface area contributed by atoms with Crippen LogP contribution in [-0.2, 0) is 6.54 Å². The Labute approximate surface area is 118 Å². The van der Waals surface area contributed by atoms with Crippen LogP contribution in [0.5, 0.6) is 0 Å². The van der Waals surface area contributed by atoms with Crippen molar-refractivity contribution in [2.24, 2.45) is 0 Å². The molecule has 1 aromatic rings. The van der Waals surface area contributed by atoms with Gasteiger partial charge in [0.25, 0.3) is 0 Å². The second-order valence-corrected chi connectivity index (χ2v) is 6.05. The normalized spacial score (nSPS) is 20.0. The highest BCUT2D eigenvalue weighted by atomic mass is 19.1. The average Bonchev–Trinajstić information content (AvgIpc) is 2.33. The lowest BCUT2D eigenvalue weighted by Gasteiger charge is -2.45. The molecule has 0 aliphatic carbocycles. The number of likely N-dealkylation sites (N-methyl/N-ethyl adjacent to an activating group) is 1. The van der Waals surface area contributed by atoms with E-state index in [1.54, 1.807) is 0 Å². The molecule has 0 aromatic heterocycles. The van der Waals surface area contributed by atoms with E-state index in [1.165, 1.54) is 18.2 Å². The summed E-state index contributed by atoms with van der Waals surface area (Å²) in [4.78, 5) is 15.7. The van der Waals surface area contributed by atoms with Gasteiger partial charge >= 0.3 is 5.97 Å². The van der Waals surface area contributed by atoms with E-state index in [4.69, 9.17) is 0 Å². The number of carbonyl (C=O) groups is 1. The Morgan fingerprint density at radius 1 is 1.40 bits per heavy atom. The van der Waals surface area contributed by atoms with Crippen molar-refractivity contribution in [1.29, 1.82) is 0 Å². The van der Waals surface area contributed by atoms with E-state index in [0.717, 1.165) is 19.6 Å². The summed E-state index contributed by atoms with van der Waals surface area (Å²) >= 11 is 0. The molecule has 0 radical (unpaired) electrons. The minimum absolute atomic E-state index is 0.0367. The molecule has 1 saturated heterocycles. The SMILES string of the molecule is CN1CCN(Cc2cc(F)ccc2C(=O)O)CC1(C)C. The molecule has 110 valence electrons. The van der Waals surface area contributed by atoms with Gasteiger partial charge in [0.15, 0.2) is 0 Å². The van der Waals surface area contributed by atoms with Gasteiger partial charge in [0.05, 0.1) is 5.56 Å². The third-order valence-electron chi connectivity index (χ3n) is 4.09. The van der Waals surface area contributed by atoms with E-state index >= 15 is 0 Å². The van der Waals surface area contributed by atoms with Crippen LogP contribution in [0, 0.1) is 5.82 Å². The summed E-state index contributed by atoms with van der Waals surface area (Å²) in [6, 6.07) is 3.86. The molecule has 0 unspecified atom stereocenters. The first kappa shape index (κ1) is 14.9. The maximum Gasteiger partial charge on any atom is 0.336 e. The van der Waals surface area contributed by atoms with Gasteiger partial charge in [-0.1, -0.05) is 0 Å². The summed E-state index contributed by atoms with van der Waals surface area (Å²) < 4.78 is 13.4. The van der Waals surface area contributed by atoms with E-state index in [1.807, 2.05) is 0 Å². The van der Waals surface area contributed by atoms with Gasteiger partial charge in [-0.2, -0.15) is 0 Å². The van der Waals surface area contributed by atoms with Crippen molar-refractivity contribution in [2.75, 3.05) is 26.7 Å². The van der Waals surface area contributed by atoms with Crippen molar-refractivity contribution in [1.82, 2.24) is 9.80 Å². The van der Waals surface area contributed by atoms with Crippen LogP contribution in [0.3, 0.4) is 0 Å². The maximum atomic E-state index is 13.4. The molecule has 1 aliphatic heterocycles. The molecule has 0 bridgehead atoms. The van der Waals surface area contributed by atoms with Gasteiger partial charge in [0.1, 0.15) is 5.82 Å². The van der Waals surface area contributed by atoms with Crippen molar-refractivity contribution >= 4 is 5.97 Å². The van der Waals surface area contributed by atoms with E-state index in [9.17, 15) is 14.3 Å². The third-order valence-corrected chi connectivity index (χ3v) is 4.09. The first-order chi connectivity index (χ1) is 9.29. The van der Waals surface area contributed by atoms with Crippen molar-refractivity contribution in [2.45, 2.75) is 25.9 Å². The predicted molar refractivity (Wildman–Crippen MR) is 75.3 cm³/mol. The first-order valence-electron chi connectivity index (χ1n) is 6.75. The van der Waals surface area contributed by atoms with Crippen LogP contribution in [0.15, 0.2) is 18.2 Å². The molecular weight excluding hydrogens is 259 g/mol. The standard InChI is InChI=1S/C15H21FN2O2/c1-15(2)10-18(7-6-17(15)3)9-11-8-12(16)4-5-13(11)14(19)20/h4-5,8H,6-7,9-10H2,1-3H3,(H,19,20). The quantitative estimate of drug-likeness (QED) is 0.920. The molecule has 20 heavy (non-hydrogen) atoms. The molecule has 5 heteroatoms. The number of rotatable bonds is 3. The smallest absolute Gasteiger partial charge is 0.336 e. The number of carboxylic acid groups (broad SMARTS) is 1. The van der Waals surface area contributed by atoms with E-state index in [-0.39, 0.29) is 11.1 Å². The Morgan fingerprint density at radius 3 is 2.70 bits per heavy atom. The van der Waals surface area contributed by atoms with Gasteiger partial charge in [-0.15, -0.1) is 0 Å². The molecule has 0 saturated carbocycles. The minimum Gasteiger partial charge on any atom is -0.478 e. The van der Waals surface area contributed by atoms with E-state index < -0.39 is 11.8 Å². The van der Waals surface area contributed by atoms with Crippen LogP contribution in [0.2, 0.25) is 0 Å². The fraction of sp³-hybridized carbons (Fsp3) is 0.533. The highest BCUT2D eigenvalue weighted by Crippen LogP contribution is 2.22. The summed E-state index contributed by atoms with van der Waals surface area (Å²) in [7, 11) is 2.09. The van der Waals surface area contributed by atoms with Crippen LogP contribution in [0.1, 0.15) is 29.8 Å². The second kappa shape index (κ2) is 5.50. The summed E-state index contributed by atoms with van der Waals surface area (Å²) in [6.07, 6.45) is 0. The Balaban J connectivity index is 2.18. The fourth-order valence-electron chi connectivity index (χ4n) is 2.62. The van der Waals surface area contributed by atoms with E-state index in [2.05, 4.69) is 30.7 Å². The van der Waals surface area contributed by atoms with Gasteiger partial charge in [-0.05, 0) is 44.7 Å². The lowest BCUT2D eigenvalue weighted by Crippen LogP contribution is -2.57. The minimum atomic E-state index is -1.01. The Hall–Kier alpha value is -1.46. The van der Waals surface area contributed by atoms with Gasteiger partial charge in [0.2, 0.25) is 0 Å².